The van der Waals surface area contributed by atoms with Gasteiger partial charge in [-0.15, -0.1) is 0 Å². The highest BCUT2D eigenvalue weighted by Gasteiger charge is 2.44. The van der Waals surface area contributed by atoms with E-state index < -0.39 is 11.4 Å². The Morgan fingerprint density at radius 2 is 2.20 bits per heavy atom. The van der Waals surface area contributed by atoms with Crippen molar-refractivity contribution < 1.29 is 9.90 Å². The van der Waals surface area contributed by atoms with Gasteiger partial charge in [-0.25, -0.2) is 0 Å². The van der Waals surface area contributed by atoms with Crippen LogP contribution >= 0.6 is 15.9 Å². The second kappa shape index (κ2) is 3.94. The van der Waals surface area contributed by atoms with Gasteiger partial charge in [0.15, 0.2) is 0 Å². The van der Waals surface area contributed by atoms with E-state index in [2.05, 4.69) is 21.2 Å². The summed E-state index contributed by atoms with van der Waals surface area (Å²) >= 11 is 3.42. The van der Waals surface area contributed by atoms with E-state index in [4.69, 9.17) is 0 Å². The van der Waals surface area contributed by atoms with E-state index in [9.17, 15) is 9.90 Å². The van der Waals surface area contributed by atoms with Gasteiger partial charge in [0.05, 0.1) is 0 Å². The molecule has 1 aromatic carbocycles. The molecule has 0 bridgehead atoms. The van der Waals surface area contributed by atoms with Crippen LogP contribution in [0.1, 0.15) is 12.0 Å². The maximum atomic E-state index is 11.4. The third kappa shape index (κ3) is 1.68. The van der Waals surface area contributed by atoms with E-state index in [0.29, 0.717) is 13.0 Å². The van der Waals surface area contributed by atoms with Crippen molar-refractivity contribution in [2.75, 3.05) is 13.1 Å². The number of hydrogen-bond donors (Lipinski definition) is 2. The molecule has 0 aromatic heterocycles. The van der Waals surface area contributed by atoms with Crippen LogP contribution in [0.15, 0.2) is 28.7 Å². The van der Waals surface area contributed by atoms with Crippen LogP contribution in [0, 0.1) is 0 Å². The van der Waals surface area contributed by atoms with Crippen LogP contribution in [0.4, 0.5) is 0 Å². The average Bonchev–Trinajstić information content (AvgIpc) is 2.68. The first-order valence-electron chi connectivity index (χ1n) is 4.86. The van der Waals surface area contributed by atoms with E-state index in [0.717, 1.165) is 16.6 Å². The van der Waals surface area contributed by atoms with Crippen LogP contribution in [0.25, 0.3) is 0 Å². The van der Waals surface area contributed by atoms with Gasteiger partial charge in [0.2, 0.25) is 0 Å². The molecule has 0 aliphatic carbocycles. The zero-order valence-corrected chi connectivity index (χ0v) is 9.75. The fourth-order valence-electron chi connectivity index (χ4n) is 2.07. The van der Waals surface area contributed by atoms with Crippen molar-refractivity contribution in [2.45, 2.75) is 11.8 Å². The normalized spacial score (nSPS) is 25.4. The number of aliphatic carboxylic acids is 1. The van der Waals surface area contributed by atoms with Gasteiger partial charge < -0.3 is 10.4 Å². The topological polar surface area (TPSA) is 49.3 Å². The molecule has 80 valence electrons. The monoisotopic (exact) mass is 269 g/mol. The number of hydrogen-bond acceptors (Lipinski definition) is 2. The minimum Gasteiger partial charge on any atom is -0.481 e. The van der Waals surface area contributed by atoms with Crippen molar-refractivity contribution in [1.29, 1.82) is 0 Å². The molecule has 1 fully saturated rings. The Kier molecular flexibility index (Phi) is 2.80. The Bertz CT molecular complexity index is 386. The van der Waals surface area contributed by atoms with Crippen molar-refractivity contribution >= 4 is 21.9 Å². The summed E-state index contributed by atoms with van der Waals surface area (Å²) in [5.41, 5.74) is 0.0996. The largest absolute Gasteiger partial charge is 0.481 e. The lowest BCUT2D eigenvalue weighted by Crippen LogP contribution is -2.38. The molecule has 1 aliphatic heterocycles. The van der Waals surface area contributed by atoms with Crippen molar-refractivity contribution in [2.24, 2.45) is 0 Å². The van der Waals surface area contributed by atoms with Crippen molar-refractivity contribution in [3.05, 3.63) is 34.3 Å². The fourth-order valence-corrected chi connectivity index (χ4v) is 2.73. The van der Waals surface area contributed by atoms with Crippen LogP contribution in [-0.2, 0) is 10.2 Å². The Hall–Kier alpha value is -0.870. The number of carboxylic acid groups (broad SMARTS) is 1. The smallest absolute Gasteiger partial charge is 0.315 e. The molecule has 15 heavy (non-hydrogen) atoms. The predicted octanol–water partition coefficient (Wildman–Crippen LogP) is 1.76. The summed E-state index contributed by atoms with van der Waals surface area (Å²) < 4.78 is 0.871. The fraction of sp³-hybridized carbons (Fsp3) is 0.364. The van der Waals surface area contributed by atoms with Crippen LogP contribution in [0.2, 0.25) is 0 Å². The van der Waals surface area contributed by atoms with Crippen LogP contribution in [-0.4, -0.2) is 24.2 Å². The molecule has 2 rings (SSSR count). The van der Waals surface area contributed by atoms with Crippen molar-refractivity contribution in [3.63, 3.8) is 0 Å². The predicted molar refractivity (Wildman–Crippen MR) is 60.9 cm³/mol. The van der Waals surface area contributed by atoms with E-state index in [1.54, 1.807) is 0 Å². The summed E-state index contributed by atoms with van der Waals surface area (Å²) in [5.74, 6) is -0.751. The molecule has 0 radical (unpaired) electrons. The first kappa shape index (κ1) is 10.6. The standard InChI is InChI=1S/C11H12BrNO2/c12-9-4-2-1-3-8(9)11(10(14)15)5-6-13-7-11/h1-4,13H,5-7H2,(H,14,15). The lowest BCUT2D eigenvalue weighted by Gasteiger charge is -2.24. The van der Waals surface area contributed by atoms with Gasteiger partial charge >= 0.3 is 5.97 Å². The van der Waals surface area contributed by atoms with E-state index >= 15 is 0 Å². The minimum atomic E-state index is -0.764. The lowest BCUT2D eigenvalue weighted by molar-refractivity contribution is -0.143. The van der Waals surface area contributed by atoms with Crippen LogP contribution in [0.5, 0.6) is 0 Å². The van der Waals surface area contributed by atoms with E-state index in [1.165, 1.54) is 0 Å². The summed E-state index contributed by atoms with van der Waals surface area (Å²) in [6.07, 6.45) is 0.644. The molecule has 3 nitrogen and oxygen atoms in total. The Labute approximate surface area is 96.6 Å². The molecule has 4 heteroatoms. The third-order valence-electron chi connectivity index (χ3n) is 2.95. The lowest BCUT2D eigenvalue weighted by atomic mass is 9.80. The van der Waals surface area contributed by atoms with Crippen LogP contribution < -0.4 is 5.32 Å². The number of carboxylic acids is 1. The second-order valence-corrected chi connectivity index (χ2v) is 4.65. The minimum absolute atomic E-state index is 0.505. The number of carbonyl (C=O) groups is 1. The SMILES string of the molecule is O=C(O)C1(c2ccccc2Br)CCNC1. The first-order valence-corrected chi connectivity index (χ1v) is 5.65. The zero-order valence-electron chi connectivity index (χ0n) is 8.16. The third-order valence-corrected chi connectivity index (χ3v) is 3.65. The summed E-state index contributed by atoms with van der Waals surface area (Å²) in [5, 5.41) is 12.5. The van der Waals surface area contributed by atoms with Gasteiger partial charge in [-0.1, -0.05) is 34.1 Å². The highest BCUT2D eigenvalue weighted by atomic mass is 79.9. The van der Waals surface area contributed by atoms with Gasteiger partial charge in [0, 0.05) is 11.0 Å². The second-order valence-electron chi connectivity index (χ2n) is 3.79. The molecule has 2 N–H and O–H groups in total. The number of nitrogens with one attached hydrogen (secondary N) is 1. The van der Waals surface area contributed by atoms with E-state index in [-0.39, 0.29) is 0 Å². The molecule has 0 spiro atoms. The maximum Gasteiger partial charge on any atom is 0.315 e. The van der Waals surface area contributed by atoms with Crippen molar-refractivity contribution in [1.82, 2.24) is 5.32 Å². The zero-order chi connectivity index (χ0) is 10.9. The van der Waals surface area contributed by atoms with Gasteiger partial charge in [0.25, 0.3) is 0 Å². The summed E-state index contributed by atoms with van der Waals surface area (Å²) in [4.78, 5) is 11.4. The number of halogens is 1. The molecular formula is C11H12BrNO2. The van der Waals surface area contributed by atoms with E-state index in [1.807, 2.05) is 24.3 Å². The summed E-state index contributed by atoms with van der Waals surface area (Å²) in [7, 11) is 0. The highest BCUT2D eigenvalue weighted by molar-refractivity contribution is 9.10. The van der Waals surface area contributed by atoms with Crippen LogP contribution in [0.3, 0.4) is 0 Å². The molecular weight excluding hydrogens is 258 g/mol. The molecule has 1 heterocycles. The molecule has 0 saturated carbocycles. The number of benzene rings is 1. The molecule has 1 aliphatic rings. The van der Waals surface area contributed by atoms with Crippen molar-refractivity contribution in [3.8, 4) is 0 Å². The Morgan fingerprint density at radius 3 is 2.73 bits per heavy atom. The van der Waals surface area contributed by atoms with Gasteiger partial charge in [-0.2, -0.15) is 0 Å². The quantitative estimate of drug-likeness (QED) is 0.861. The molecule has 1 unspecified atom stereocenters. The molecule has 1 atom stereocenters. The summed E-state index contributed by atoms with van der Waals surface area (Å²) in [6.45, 7) is 1.26. The number of rotatable bonds is 2. The first-order chi connectivity index (χ1) is 7.17. The molecule has 1 aromatic rings. The molecule has 1 saturated heterocycles. The van der Waals surface area contributed by atoms with Gasteiger partial charge in [-0.05, 0) is 24.6 Å². The molecule has 0 amide bonds. The average molecular weight is 270 g/mol. The van der Waals surface area contributed by atoms with Gasteiger partial charge in [-0.3, -0.25) is 4.79 Å². The Balaban J connectivity index is 2.50. The maximum absolute atomic E-state index is 11.4. The highest BCUT2D eigenvalue weighted by Crippen LogP contribution is 2.35. The Morgan fingerprint density at radius 1 is 1.47 bits per heavy atom. The summed E-state index contributed by atoms with van der Waals surface area (Å²) in [6, 6.07) is 7.54. The van der Waals surface area contributed by atoms with Gasteiger partial charge in [0.1, 0.15) is 5.41 Å².